The molecule has 0 fully saturated rings. The molecule has 1 aromatic rings. The standard InChI is InChI=1S/C6H4F2N2O/c7-3-1-2-4(8)10-5(3)6(9)11/h1-2H,(H2,9,11). The van der Waals surface area contributed by atoms with Crippen LogP contribution in [0.3, 0.4) is 0 Å². The molecule has 0 aliphatic heterocycles. The van der Waals surface area contributed by atoms with Gasteiger partial charge in [0.1, 0.15) is 0 Å². The molecule has 2 N–H and O–H groups in total. The summed E-state index contributed by atoms with van der Waals surface area (Å²) in [6.07, 6.45) is 0. The van der Waals surface area contributed by atoms with Gasteiger partial charge in [-0.3, -0.25) is 4.79 Å². The van der Waals surface area contributed by atoms with Gasteiger partial charge < -0.3 is 5.73 Å². The van der Waals surface area contributed by atoms with Crippen LogP contribution in [0.1, 0.15) is 10.5 Å². The maximum Gasteiger partial charge on any atom is 0.270 e. The largest absolute Gasteiger partial charge is 0.364 e. The van der Waals surface area contributed by atoms with Crippen LogP contribution in [0.2, 0.25) is 0 Å². The molecule has 1 amide bonds. The topological polar surface area (TPSA) is 56.0 Å². The second-order valence-corrected chi connectivity index (χ2v) is 1.83. The molecule has 11 heavy (non-hydrogen) atoms. The number of hydrogen-bond donors (Lipinski definition) is 1. The monoisotopic (exact) mass is 158 g/mol. The number of amides is 1. The maximum absolute atomic E-state index is 12.5. The van der Waals surface area contributed by atoms with E-state index in [2.05, 4.69) is 10.7 Å². The Labute approximate surface area is 60.8 Å². The van der Waals surface area contributed by atoms with Crippen LogP contribution in [0.4, 0.5) is 8.78 Å². The predicted molar refractivity (Wildman–Crippen MR) is 32.7 cm³/mol. The van der Waals surface area contributed by atoms with Gasteiger partial charge in [0.15, 0.2) is 11.5 Å². The van der Waals surface area contributed by atoms with E-state index in [1.54, 1.807) is 0 Å². The SMILES string of the molecule is NC(=O)c1nc(F)ccc1F. The van der Waals surface area contributed by atoms with E-state index in [1.807, 2.05) is 0 Å². The summed E-state index contributed by atoms with van der Waals surface area (Å²) in [5.74, 6) is -2.93. The van der Waals surface area contributed by atoms with Crippen molar-refractivity contribution in [2.24, 2.45) is 5.73 Å². The van der Waals surface area contributed by atoms with Crippen LogP contribution in [-0.4, -0.2) is 10.9 Å². The highest BCUT2D eigenvalue weighted by molar-refractivity contribution is 5.90. The fourth-order valence-corrected chi connectivity index (χ4v) is 0.591. The molecule has 5 heteroatoms. The lowest BCUT2D eigenvalue weighted by Crippen LogP contribution is -2.15. The highest BCUT2D eigenvalue weighted by atomic mass is 19.1. The summed E-state index contributed by atoms with van der Waals surface area (Å²) in [7, 11) is 0. The molecular formula is C6H4F2N2O. The van der Waals surface area contributed by atoms with Crippen molar-refractivity contribution in [2.45, 2.75) is 0 Å². The first-order chi connectivity index (χ1) is 5.11. The van der Waals surface area contributed by atoms with Gasteiger partial charge in [0.25, 0.3) is 5.91 Å². The van der Waals surface area contributed by atoms with Gasteiger partial charge in [-0.25, -0.2) is 9.37 Å². The number of halogens is 2. The smallest absolute Gasteiger partial charge is 0.270 e. The van der Waals surface area contributed by atoms with Crippen molar-refractivity contribution in [1.29, 1.82) is 0 Å². The Morgan fingerprint density at radius 2 is 2.09 bits per heavy atom. The van der Waals surface area contributed by atoms with Gasteiger partial charge in [0, 0.05) is 0 Å². The minimum Gasteiger partial charge on any atom is -0.364 e. The maximum atomic E-state index is 12.5. The van der Waals surface area contributed by atoms with Crippen molar-refractivity contribution >= 4 is 5.91 Å². The number of primary amides is 1. The van der Waals surface area contributed by atoms with Crippen molar-refractivity contribution in [3.05, 3.63) is 29.6 Å². The van der Waals surface area contributed by atoms with Crippen LogP contribution in [0.25, 0.3) is 0 Å². The van der Waals surface area contributed by atoms with Crippen LogP contribution in [-0.2, 0) is 0 Å². The Balaban J connectivity index is 3.23. The Morgan fingerprint density at radius 3 is 2.55 bits per heavy atom. The second kappa shape index (κ2) is 2.61. The highest BCUT2D eigenvalue weighted by Gasteiger charge is 2.09. The summed E-state index contributed by atoms with van der Waals surface area (Å²) in [5, 5.41) is 0. The average Bonchev–Trinajstić information content (AvgIpc) is 1.94. The molecule has 0 radical (unpaired) electrons. The fourth-order valence-electron chi connectivity index (χ4n) is 0.591. The second-order valence-electron chi connectivity index (χ2n) is 1.83. The Morgan fingerprint density at radius 1 is 1.45 bits per heavy atom. The van der Waals surface area contributed by atoms with Crippen LogP contribution >= 0.6 is 0 Å². The average molecular weight is 158 g/mol. The van der Waals surface area contributed by atoms with Crippen molar-refractivity contribution in [3.8, 4) is 0 Å². The van der Waals surface area contributed by atoms with E-state index in [1.165, 1.54) is 0 Å². The fraction of sp³-hybridized carbons (Fsp3) is 0. The van der Waals surface area contributed by atoms with Crippen molar-refractivity contribution in [2.75, 3.05) is 0 Å². The van der Waals surface area contributed by atoms with Crippen LogP contribution in [0.15, 0.2) is 12.1 Å². The Bertz CT molecular complexity index is 301. The van der Waals surface area contributed by atoms with E-state index in [4.69, 9.17) is 0 Å². The number of carbonyl (C=O) groups is 1. The van der Waals surface area contributed by atoms with Gasteiger partial charge in [-0.05, 0) is 12.1 Å². The van der Waals surface area contributed by atoms with Gasteiger partial charge in [0.05, 0.1) is 0 Å². The molecule has 3 nitrogen and oxygen atoms in total. The van der Waals surface area contributed by atoms with E-state index in [0.29, 0.717) is 0 Å². The molecule has 1 heterocycles. The summed E-state index contributed by atoms with van der Waals surface area (Å²) in [4.78, 5) is 13.3. The molecule has 0 aromatic carbocycles. The number of rotatable bonds is 1. The molecule has 58 valence electrons. The van der Waals surface area contributed by atoms with Crippen LogP contribution < -0.4 is 5.73 Å². The zero-order chi connectivity index (χ0) is 8.43. The summed E-state index contributed by atoms with van der Waals surface area (Å²) in [6.45, 7) is 0. The van der Waals surface area contributed by atoms with Crippen LogP contribution in [0.5, 0.6) is 0 Å². The first kappa shape index (κ1) is 7.59. The molecule has 0 spiro atoms. The molecule has 0 saturated carbocycles. The minimum atomic E-state index is -1.08. The lowest BCUT2D eigenvalue weighted by Gasteiger charge is -1.95. The summed E-state index contributed by atoms with van der Waals surface area (Å²) in [6, 6.07) is 1.60. The third-order valence-electron chi connectivity index (χ3n) is 1.05. The third kappa shape index (κ3) is 1.49. The molecule has 1 rings (SSSR count). The summed E-state index contributed by atoms with van der Waals surface area (Å²) >= 11 is 0. The quantitative estimate of drug-likeness (QED) is 0.603. The Kier molecular flexibility index (Phi) is 1.80. The summed E-state index contributed by atoms with van der Waals surface area (Å²) in [5.41, 5.74) is 4.00. The highest BCUT2D eigenvalue weighted by Crippen LogP contribution is 2.03. The van der Waals surface area contributed by atoms with Crippen molar-refractivity contribution in [1.82, 2.24) is 4.98 Å². The zero-order valence-electron chi connectivity index (χ0n) is 5.34. The summed E-state index contributed by atoms with van der Waals surface area (Å²) < 4.78 is 24.7. The predicted octanol–water partition coefficient (Wildman–Crippen LogP) is 0.459. The zero-order valence-corrected chi connectivity index (χ0v) is 5.34. The molecule has 0 atom stereocenters. The molecule has 0 aliphatic rings. The van der Waals surface area contributed by atoms with Crippen molar-refractivity contribution < 1.29 is 13.6 Å². The van der Waals surface area contributed by atoms with Gasteiger partial charge in [-0.1, -0.05) is 0 Å². The van der Waals surface area contributed by atoms with Gasteiger partial charge in [0.2, 0.25) is 5.95 Å². The lowest BCUT2D eigenvalue weighted by molar-refractivity contribution is 0.0990. The first-order valence-corrected chi connectivity index (χ1v) is 2.73. The van der Waals surface area contributed by atoms with E-state index in [-0.39, 0.29) is 0 Å². The first-order valence-electron chi connectivity index (χ1n) is 2.73. The van der Waals surface area contributed by atoms with E-state index in [9.17, 15) is 13.6 Å². The number of pyridine rings is 1. The van der Waals surface area contributed by atoms with E-state index < -0.39 is 23.4 Å². The lowest BCUT2D eigenvalue weighted by atomic mass is 10.3. The number of aromatic nitrogens is 1. The third-order valence-corrected chi connectivity index (χ3v) is 1.05. The number of carbonyl (C=O) groups excluding carboxylic acids is 1. The number of nitrogens with zero attached hydrogens (tertiary/aromatic N) is 1. The normalized spacial score (nSPS) is 9.64. The molecular weight excluding hydrogens is 154 g/mol. The van der Waals surface area contributed by atoms with E-state index in [0.717, 1.165) is 12.1 Å². The number of hydrogen-bond acceptors (Lipinski definition) is 2. The van der Waals surface area contributed by atoms with Gasteiger partial charge in [-0.15, -0.1) is 0 Å². The Hall–Kier alpha value is -1.52. The van der Waals surface area contributed by atoms with Gasteiger partial charge >= 0.3 is 0 Å². The molecule has 0 unspecified atom stereocenters. The van der Waals surface area contributed by atoms with Crippen LogP contribution in [0, 0.1) is 11.8 Å². The minimum absolute atomic E-state index is 0.676. The van der Waals surface area contributed by atoms with Crippen molar-refractivity contribution in [3.63, 3.8) is 0 Å². The molecule has 0 aliphatic carbocycles. The molecule has 1 aromatic heterocycles. The molecule has 0 bridgehead atoms. The van der Waals surface area contributed by atoms with E-state index >= 15 is 0 Å². The number of nitrogens with two attached hydrogens (primary N) is 1. The van der Waals surface area contributed by atoms with Gasteiger partial charge in [-0.2, -0.15) is 4.39 Å². The molecule has 0 saturated heterocycles.